The molecule has 0 fully saturated rings. The molecule has 0 aliphatic heterocycles. The standard InChI is InChI=1S/C15H7F4N3O/c16-11-4-3-10(6-9(11)8-20)22-12(13-2-1-5-23-13)7-14(21-22)15(17,18)19/h1-7H. The number of halogens is 4. The van der Waals surface area contributed by atoms with Gasteiger partial charge in [-0.2, -0.15) is 23.5 Å². The van der Waals surface area contributed by atoms with Gasteiger partial charge in [-0.05, 0) is 30.3 Å². The highest BCUT2D eigenvalue weighted by Crippen LogP contribution is 2.33. The molecule has 8 heteroatoms. The fourth-order valence-corrected chi connectivity index (χ4v) is 2.05. The Hall–Kier alpha value is -3.08. The fourth-order valence-electron chi connectivity index (χ4n) is 2.05. The topological polar surface area (TPSA) is 54.8 Å². The van der Waals surface area contributed by atoms with Crippen molar-refractivity contribution in [1.82, 2.24) is 9.78 Å². The number of benzene rings is 1. The molecule has 0 bridgehead atoms. The van der Waals surface area contributed by atoms with E-state index in [2.05, 4.69) is 5.10 Å². The molecule has 3 aromatic rings. The van der Waals surface area contributed by atoms with Gasteiger partial charge in [0.25, 0.3) is 0 Å². The normalized spacial score (nSPS) is 11.4. The van der Waals surface area contributed by atoms with Crippen LogP contribution >= 0.6 is 0 Å². The lowest BCUT2D eigenvalue weighted by molar-refractivity contribution is -0.141. The Balaban J connectivity index is 2.22. The summed E-state index contributed by atoms with van der Waals surface area (Å²) in [6.45, 7) is 0. The largest absolute Gasteiger partial charge is 0.463 e. The Morgan fingerprint density at radius 1 is 1.17 bits per heavy atom. The van der Waals surface area contributed by atoms with E-state index >= 15 is 0 Å². The van der Waals surface area contributed by atoms with E-state index in [1.807, 2.05) is 0 Å². The molecule has 4 nitrogen and oxygen atoms in total. The van der Waals surface area contributed by atoms with Gasteiger partial charge in [-0.1, -0.05) is 0 Å². The molecule has 3 rings (SSSR count). The summed E-state index contributed by atoms with van der Waals surface area (Å²) >= 11 is 0. The summed E-state index contributed by atoms with van der Waals surface area (Å²) in [6.07, 6.45) is -3.34. The molecule has 2 heterocycles. The Labute approximate surface area is 127 Å². The third-order valence-electron chi connectivity index (χ3n) is 3.09. The summed E-state index contributed by atoms with van der Waals surface area (Å²) in [5.41, 5.74) is -1.26. The van der Waals surface area contributed by atoms with Crippen LogP contribution in [0.2, 0.25) is 0 Å². The summed E-state index contributed by atoms with van der Waals surface area (Å²) in [7, 11) is 0. The van der Waals surface area contributed by atoms with Crippen molar-refractivity contribution in [1.29, 1.82) is 5.26 Å². The minimum Gasteiger partial charge on any atom is -0.463 e. The van der Waals surface area contributed by atoms with Crippen LogP contribution in [0.25, 0.3) is 17.1 Å². The Morgan fingerprint density at radius 2 is 1.96 bits per heavy atom. The van der Waals surface area contributed by atoms with E-state index in [-0.39, 0.29) is 22.7 Å². The van der Waals surface area contributed by atoms with Crippen LogP contribution < -0.4 is 0 Å². The van der Waals surface area contributed by atoms with Crippen LogP contribution in [0.1, 0.15) is 11.3 Å². The number of alkyl halides is 3. The second kappa shape index (κ2) is 5.28. The molecule has 0 spiro atoms. The van der Waals surface area contributed by atoms with Crippen LogP contribution in [0.3, 0.4) is 0 Å². The number of nitrogens with zero attached hydrogens (tertiary/aromatic N) is 3. The molecular weight excluding hydrogens is 314 g/mol. The van der Waals surface area contributed by atoms with Crippen LogP contribution in [0.4, 0.5) is 17.6 Å². The number of aromatic nitrogens is 2. The Morgan fingerprint density at radius 3 is 2.57 bits per heavy atom. The predicted octanol–water partition coefficient (Wildman–Crippen LogP) is 4.16. The van der Waals surface area contributed by atoms with Crippen molar-refractivity contribution in [2.24, 2.45) is 0 Å². The van der Waals surface area contributed by atoms with Gasteiger partial charge in [-0.15, -0.1) is 0 Å². The highest BCUT2D eigenvalue weighted by molar-refractivity contribution is 5.58. The Bertz CT molecular complexity index is 889. The van der Waals surface area contributed by atoms with Gasteiger partial charge in [0.05, 0.1) is 17.5 Å². The quantitative estimate of drug-likeness (QED) is 0.666. The molecule has 0 aliphatic carbocycles. The van der Waals surface area contributed by atoms with E-state index in [1.165, 1.54) is 24.5 Å². The minimum atomic E-state index is -4.65. The number of rotatable bonds is 2. The highest BCUT2D eigenvalue weighted by atomic mass is 19.4. The maximum absolute atomic E-state index is 13.4. The van der Waals surface area contributed by atoms with Crippen LogP contribution in [0.5, 0.6) is 0 Å². The first-order chi connectivity index (χ1) is 10.9. The molecule has 116 valence electrons. The first-order valence-corrected chi connectivity index (χ1v) is 6.31. The third-order valence-corrected chi connectivity index (χ3v) is 3.09. The summed E-state index contributed by atoms with van der Waals surface area (Å²) < 4.78 is 58.3. The van der Waals surface area contributed by atoms with Gasteiger partial charge in [0.2, 0.25) is 0 Å². The highest BCUT2D eigenvalue weighted by Gasteiger charge is 2.35. The van der Waals surface area contributed by atoms with E-state index in [0.717, 1.165) is 22.9 Å². The molecule has 0 N–H and O–H groups in total. The Kier molecular flexibility index (Phi) is 3.41. The zero-order chi connectivity index (χ0) is 16.6. The maximum atomic E-state index is 13.4. The first kappa shape index (κ1) is 14.8. The van der Waals surface area contributed by atoms with Crippen molar-refractivity contribution < 1.29 is 22.0 Å². The summed E-state index contributed by atoms with van der Waals surface area (Å²) in [4.78, 5) is 0. The smallest absolute Gasteiger partial charge is 0.435 e. The second-order valence-electron chi connectivity index (χ2n) is 4.58. The van der Waals surface area contributed by atoms with Gasteiger partial charge in [0, 0.05) is 6.07 Å². The predicted molar refractivity (Wildman–Crippen MR) is 70.9 cm³/mol. The summed E-state index contributed by atoms with van der Waals surface area (Å²) in [5, 5.41) is 12.4. The molecule has 0 radical (unpaired) electrons. The van der Waals surface area contributed by atoms with Crippen molar-refractivity contribution in [3.8, 4) is 23.2 Å². The zero-order valence-electron chi connectivity index (χ0n) is 11.3. The van der Waals surface area contributed by atoms with Crippen molar-refractivity contribution in [2.45, 2.75) is 6.18 Å². The molecule has 0 aliphatic rings. The molecule has 0 amide bonds. The molecule has 0 unspecified atom stereocenters. The molecular formula is C15H7F4N3O. The van der Waals surface area contributed by atoms with Crippen molar-refractivity contribution in [3.05, 3.63) is 59.7 Å². The number of hydrogen-bond donors (Lipinski definition) is 0. The fraction of sp³-hybridized carbons (Fsp3) is 0.0667. The molecule has 0 saturated carbocycles. The maximum Gasteiger partial charge on any atom is 0.435 e. The third kappa shape index (κ3) is 2.68. The zero-order valence-corrected chi connectivity index (χ0v) is 11.3. The van der Waals surface area contributed by atoms with Gasteiger partial charge in [-0.25, -0.2) is 9.07 Å². The number of hydrogen-bond acceptors (Lipinski definition) is 3. The van der Waals surface area contributed by atoms with E-state index < -0.39 is 17.7 Å². The van der Waals surface area contributed by atoms with Crippen molar-refractivity contribution in [2.75, 3.05) is 0 Å². The van der Waals surface area contributed by atoms with E-state index in [9.17, 15) is 17.6 Å². The molecule has 0 atom stereocenters. The average Bonchev–Trinajstić information content (AvgIpc) is 3.16. The van der Waals surface area contributed by atoms with Crippen molar-refractivity contribution >= 4 is 0 Å². The van der Waals surface area contributed by atoms with E-state index in [1.54, 1.807) is 6.07 Å². The van der Waals surface area contributed by atoms with E-state index in [4.69, 9.17) is 9.68 Å². The molecule has 0 saturated heterocycles. The second-order valence-corrected chi connectivity index (χ2v) is 4.58. The van der Waals surface area contributed by atoms with Gasteiger partial charge in [0.1, 0.15) is 17.6 Å². The van der Waals surface area contributed by atoms with Crippen molar-refractivity contribution in [3.63, 3.8) is 0 Å². The monoisotopic (exact) mass is 321 g/mol. The van der Waals surface area contributed by atoms with Crippen LogP contribution in [0.15, 0.2) is 47.1 Å². The lowest BCUT2D eigenvalue weighted by atomic mass is 10.2. The molecule has 23 heavy (non-hydrogen) atoms. The minimum absolute atomic E-state index is 0.0397. The van der Waals surface area contributed by atoms with Crippen LogP contribution in [-0.4, -0.2) is 9.78 Å². The number of furan rings is 1. The molecule has 1 aromatic carbocycles. The van der Waals surface area contributed by atoms with E-state index in [0.29, 0.717) is 0 Å². The van der Waals surface area contributed by atoms with Gasteiger partial charge >= 0.3 is 6.18 Å². The molecule has 2 aromatic heterocycles. The van der Waals surface area contributed by atoms with Gasteiger partial charge < -0.3 is 4.42 Å². The average molecular weight is 321 g/mol. The van der Waals surface area contributed by atoms with Gasteiger partial charge in [0.15, 0.2) is 11.5 Å². The lowest BCUT2D eigenvalue weighted by Gasteiger charge is -2.06. The summed E-state index contributed by atoms with van der Waals surface area (Å²) in [5.74, 6) is -0.602. The number of nitriles is 1. The first-order valence-electron chi connectivity index (χ1n) is 6.31. The van der Waals surface area contributed by atoms with Crippen LogP contribution in [-0.2, 0) is 6.18 Å². The lowest BCUT2D eigenvalue weighted by Crippen LogP contribution is -2.07. The van der Waals surface area contributed by atoms with Gasteiger partial charge in [-0.3, -0.25) is 0 Å². The summed E-state index contributed by atoms with van der Waals surface area (Å²) in [6, 6.07) is 8.80. The SMILES string of the molecule is N#Cc1cc(-n2nc(C(F)(F)F)cc2-c2ccco2)ccc1F. The van der Waals surface area contributed by atoms with Crippen LogP contribution in [0, 0.1) is 17.1 Å².